The SMILES string of the molecule is CC[SiH](O[Si](CC)(CC)CC)C1CCCCC1. The minimum Gasteiger partial charge on any atom is -0.457 e. The lowest BCUT2D eigenvalue weighted by Crippen LogP contribution is -2.43. The van der Waals surface area contributed by atoms with E-state index in [1.807, 2.05) is 0 Å². The zero-order valence-corrected chi connectivity index (χ0v) is 14.6. The molecule has 1 atom stereocenters. The van der Waals surface area contributed by atoms with Crippen LogP contribution >= 0.6 is 0 Å². The molecule has 17 heavy (non-hydrogen) atoms. The second-order valence-electron chi connectivity index (χ2n) is 5.71. The summed E-state index contributed by atoms with van der Waals surface area (Å²) in [6.45, 7) is 9.47. The van der Waals surface area contributed by atoms with Gasteiger partial charge in [0.05, 0.1) is 0 Å². The molecular formula is C14H32OSi2. The van der Waals surface area contributed by atoms with Crippen molar-refractivity contribution in [2.24, 2.45) is 0 Å². The Balaban J connectivity index is 2.59. The molecule has 0 saturated heterocycles. The summed E-state index contributed by atoms with van der Waals surface area (Å²) in [6.07, 6.45) is 7.37. The molecule has 0 heterocycles. The molecule has 1 aliphatic rings. The van der Waals surface area contributed by atoms with Crippen LogP contribution in [0, 0.1) is 0 Å². The number of hydrogen-bond donors (Lipinski definition) is 0. The molecule has 1 nitrogen and oxygen atoms in total. The van der Waals surface area contributed by atoms with Gasteiger partial charge in [0.15, 0.2) is 17.4 Å². The number of hydrogen-bond acceptors (Lipinski definition) is 1. The molecule has 0 radical (unpaired) electrons. The van der Waals surface area contributed by atoms with Crippen LogP contribution in [0.2, 0.25) is 29.7 Å². The fraction of sp³-hybridized carbons (Fsp3) is 1.00. The quantitative estimate of drug-likeness (QED) is 0.587. The average Bonchev–Trinajstić information content (AvgIpc) is 2.42. The molecule has 102 valence electrons. The van der Waals surface area contributed by atoms with Crippen LogP contribution in [-0.4, -0.2) is 17.4 Å². The van der Waals surface area contributed by atoms with E-state index in [1.165, 1.54) is 56.3 Å². The summed E-state index contributed by atoms with van der Waals surface area (Å²) in [5.41, 5.74) is 1.00. The number of rotatable bonds is 7. The van der Waals surface area contributed by atoms with Crippen LogP contribution in [0.25, 0.3) is 0 Å². The second kappa shape index (κ2) is 7.75. The predicted molar refractivity (Wildman–Crippen MR) is 82.7 cm³/mol. The van der Waals surface area contributed by atoms with Crippen molar-refractivity contribution < 1.29 is 4.12 Å². The minimum absolute atomic E-state index is 0.911. The summed E-state index contributed by atoms with van der Waals surface area (Å²) < 4.78 is 6.85. The van der Waals surface area contributed by atoms with Crippen LogP contribution in [0.3, 0.4) is 0 Å². The summed E-state index contributed by atoms with van der Waals surface area (Å²) in [6, 6.07) is 5.35. The van der Waals surface area contributed by atoms with Gasteiger partial charge in [-0.15, -0.1) is 0 Å². The molecule has 0 N–H and O–H groups in total. The van der Waals surface area contributed by atoms with E-state index >= 15 is 0 Å². The van der Waals surface area contributed by atoms with Crippen LogP contribution in [0.15, 0.2) is 0 Å². The van der Waals surface area contributed by atoms with Gasteiger partial charge in [-0.3, -0.25) is 0 Å². The summed E-state index contributed by atoms with van der Waals surface area (Å²) in [7, 11) is -2.23. The van der Waals surface area contributed by atoms with E-state index in [0.717, 1.165) is 5.54 Å². The third-order valence-electron chi connectivity index (χ3n) is 4.91. The first-order chi connectivity index (χ1) is 8.21. The summed E-state index contributed by atoms with van der Waals surface area (Å²) in [4.78, 5) is 0. The van der Waals surface area contributed by atoms with Crippen molar-refractivity contribution in [1.29, 1.82) is 0 Å². The van der Waals surface area contributed by atoms with Crippen molar-refractivity contribution in [2.45, 2.75) is 89.5 Å². The summed E-state index contributed by atoms with van der Waals surface area (Å²) in [5.74, 6) is 0. The Morgan fingerprint density at radius 1 is 0.941 bits per heavy atom. The molecule has 1 aliphatic carbocycles. The fourth-order valence-electron chi connectivity index (χ4n) is 3.34. The fourth-order valence-corrected chi connectivity index (χ4v) is 12.7. The Hall–Kier alpha value is 0.394. The molecule has 0 aromatic heterocycles. The van der Waals surface area contributed by atoms with E-state index in [1.54, 1.807) is 0 Å². The van der Waals surface area contributed by atoms with Gasteiger partial charge in [-0.2, -0.15) is 0 Å². The second-order valence-corrected chi connectivity index (χ2v) is 14.0. The lowest BCUT2D eigenvalue weighted by molar-refractivity contribution is 0.444. The largest absolute Gasteiger partial charge is 0.457 e. The zero-order chi connectivity index (χ0) is 12.7. The van der Waals surface area contributed by atoms with Gasteiger partial charge in [-0.1, -0.05) is 59.8 Å². The summed E-state index contributed by atoms with van der Waals surface area (Å²) >= 11 is 0. The highest BCUT2D eigenvalue weighted by atomic mass is 28.4. The van der Waals surface area contributed by atoms with Gasteiger partial charge in [-0.25, -0.2) is 0 Å². The van der Waals surface area contributed by atoms with Crippen LogP contribution in [0.1, 0.15) is 59.8 Å². The maximum Gasteiger partial charge on any atom is 0.178 e. The Morgan fingerprint density at radius 3 is 1.88 bits per heavy atom. The third-order valence-corrected chi connectivity index (χ3v) is 14.5. The van der Waals surface area contributed by atoms with Gasteiger partial charge in [-0.05, 0) is 29.7 Å². The van der Waals surface area contributed by atoms with Gasteiger partial charge < -0.3 is 4.12 Å². The van der Waals surface area contributed by atoms with Crippen molar-refractivity contribution in [1.82, 2.24) is 0 Å². The highest BCUT2D eigenvalue weighted by Gasteiger charge is 2.35. The molecule has 0 aliphatic heterocycles. The lowest BCUT2D eigenvalue weighted by Gasteiger charge is -2.37. The molecular weight excluding hydrogens is 240 g/mol. The van der Waals surface area contributed by atoms with E-state index in [-0.39, 0.29) is 0 Å². The molecule has 1 rings (SSSR count). The third kappa shape index (κ3) is 4.21. The van der Waals surface area contributed by atoms with E-state index in [0.29, 0.717) is 0 Å². The lowest BCUT2D eigenvalue weighted by atomic mass is 10.0. The Bertz CT molecular complexity index is 190. The van der Waals surface area contributed by atoms with Crippen molar-refractivity contribution >= 4 is 17.4 Å². The molecule has 3 heteroatoms. The smallest absolute Gasteiger partial charge is 0.178 e. The van der Waals surface area contributed by atoms with Gasteiger partial charge >= 0.3 is 0 Å². The maximum absolute atomic E-state index is 6.85. The molecule has 1 saturated carbocycles. The molecule has 0 amide bonds. The Morgan fingerprint density at radius 2 is 1.47 bits per heavy atom. The van der Waals surface area contributed by atoms with Crippen molar-refractivity contribution in [3.05, 3.63) is 0 Å². The first kappa shape index (κ1) is 15.5. The van der Waals surface area contributed by atoms with Crippen LogP contribution in [0.4, 0.5) is 0 Å². The van der Waals surface area contributed by atoms with Crippen LogP contribution in [-0.2, 0) is 4.12 Å². The molecule has 0 bridgehead atoms. The predicted octanol–water partition coefficient (Wildman–Crippen LogP) is 5.09. The van der Waals surface area contributed by atoms with Gasteiger partial charge in [0.1, 0.15) is 0 Å². The standard InChI is InChI=1S/C14H32OSi2/c1-5-16(14-12-10-9-11-13-14)15-17(6-2,7-3)8-4/h14,16H,5-13H2,1-4H3. The average molecular weight is 273 g/mol. The van der Waals surface area contributed by atoms with Gasteiger partial charge in [0.2, 0.25) is 0 Å². The highest BCUT2D eigenvalue weighted by Crippen LogP contribution is 2.35. The molecule has 0 aromatic carbocycles. The van der Waals surface area contributed by atoms with Gasteiger partial charge in [0, 0.05) is 0 Å². The van der Waals surface area contributed by atoms with Crippen LogP contribution < -0.4 is 0 Å². The molecule has 0 aromatic rings. The maximum atomic E-state index is 6.85. The van der Waals surface area contributed by atoms with Crippen molar-refractivity contribution in [2.75, 3.05) is 0 Å². The minimum atomic E-state index is -1.32. The molecule has 1 unspecified atom stereocenters. The monoisotopic (exact) mass is 272 g/mol. The van der Waals surface area contributed by atoms with Crippen molar-refractivity contribution in [3.63, 3.8) is 0 Å². The first-order valence-electron chi connectivity index (χ1n) is 7.89. The normalized spacial score (nSPS) is 20.5. The molecule has 1 fully saturated rings. The molecule has 0 spiro atoms. The topological polar surface area (TPSA) is 9.23 Å². The first-order valence-corrected chi connectivity index (χ1v) is 12.4. The highest BCUT2D eigenvalue weighted by molar-refractivity contribution is 6.80. The van der Waals surface area contributed by atoms with E-state index in [9.17, 15) is 0 Å². The van der Waals surface area contributed by atoms with Gasteiger partial charge in [0.25, 0.3) is 0 Å². The van der Waals surface area contributed by atoms with Crippen LogP contribution in [0.5, 0.6) is 0 Å². The Labute approximate surface area is 111 Å². The Kier molecular flexibility index (Phi) is 7.04. The van der Waals surface area contributed by atoms with E-state index < -0.39 is 17.4 Å². The van der Waals surface area contributed by atoms with E-state index in [2.05, 4.69) is 27.7 Å². The van der Waals surface area contributed by atoms with Crippen molar-refractivity contribution in [3.8, 4) is 0 Å². The summed E-state index contributed by atoms with van der Waals surface area (Å²) in [5, 5.41) is 0. The zero-order valence-electron chi connectivity index (χ0n) is 12.4. The van der Waals surface area contributed by atoms with E-state index in [4.69, 9.17) is 4.12 Å².